The largest absolute Gasteiger partial charge is 0.312 e. The van der Waals surface area contributed by atoms with Crippen molar-refractivity contribution in [2.24, 2.45) is 11.8 Å². The number of hydrogen-bond acceptors (Lipinski definition) is 3. The maximum atomic E-state index is 3.77. The maximum absolute atomic E-state index is 3.77. The summed E-state index contributed by atoms with van der Waals surface area (Å²) in [5.74, 6) is 1.90. The van der Waals surface area contributed by atoms with Gasteiger partial charge in [-0.1, -0.05) is 6.92 Å². The van der Waals surface area contributed by atoms with E-state index in [1.165, 1.54) is 64.8 Å². The number of nitrogens with zero attached hydrogens (tertiary/aromatic N) is 2. The molecular weight excluding hydrogens is 234 g/mol. The van der Waals surface area contributed by atoms with Gasteiger partial charge >= 0.3 is 0 Å². The average Bonchev–Trinajstić information content (AvgIpc) is 3.20. The van der Waals surface area contributed by atoms with E-state index in [4.69, 9.17) is 0 Å². The van der Waals surface area contributed by atoms with E-state index in [2.05, 4.69) is 36.1 Å². The summed E-state index contributed by atoms with van der Waals surface area (Å²) >= 11 is 0. The highest BCUT2D eigenvalue weighted by atomic mass is 15.2. The molecule has 0 aromatic carbocycles. The molecular formula is C16H33N3. The van der Waals surface area contributed by atoms with Crippen molar-refractivity contribution in [1.29, 1.82) is 0 Å². The van der Waals surface area contributed by atoms with Crippen molar-refractivity contribution >= 4 is 0 Å². The Morgan fingerprint density at radius 3 is 2.37 bits per heavy atom. The third-order valence-corrected chi connectivity index (χ3v) is 4.63. The van der Waals surface area contributed by atoms with Gasteiger partial charge in [-0.05, 0) is 77.7 Å². The molecule has 0 aromatic heterocycles. The molecule has 0 amide bonds. The zero-order valence-corrected chi connectivity index (χ0v) is 13.2. The molecule has 1 heterocycles. The normalized spacial score (nSPS) is 24.0. The van der Waals surface area contributed by atoms with Crippen LogP contribution in [0.15, 0.2) is 0 Å². The lowest BCUT2D eigenvalue weighted by atomic mass is 9.96. The van der Waals surface area contributed by atoms with E-state index in [-0.39, 0.29) is 0 Å². The highest BCUT2D eigenvalue weighted by Gasteiger charge is 2.32. The monoisotopic (exact) mass is 267 g/mol. The molecule has 1 saturated heterocycles. The van der Waals surface area contributed by atoms with Gasteiger partial charge in [-0.3, -0.25) is 0 Å². The Bertz CT molecular complexity index is 242. The summed E-state index contributed by atoms with van der Waals surface area (Å²) in [4.78, 5) is 5.05. The maximum Gasteiger partial charge on any atom is 0.0223 e. The summed E-state index contributed by atoms with van der Waals surface area (Å²) in [6.07, 6.45) is 6.96. The first-order valence-electron chi connectivity index (χ1n) is 8.29. The van der Waals surface area contributed by atoms with Crippen molar-refractivity contribution in [2.75, 3.05) is 46.8 Å². The quantitative estimate of drug-likeness (QED) is 0.726. The smallest absolute Gasteiger partial charge is 0.0223 e. The van der Waals surface area contributed by atoms with Crippen LogP contribution in [-0.2, 0) is 0 Å². The van der Waals surface area contributed by atoms with Crippen LogP contribution < -0.4 is 5.32 Å². The molecule has 1 unspecified atom stereocenters. The van der Waals surface area contributed by atoms with Gasteiger partial charge in [0, 0.05) is 19.1 Å². The first-order valence-corrected chi connectivity index (χ1v) is 8.29. The Kier molecular flexibility index (Phi) is 6.11. The molecule has 2 fully saturated rings. The summed E-state index contributed by atoms with van der Waals surface area (Å²) in [5.41, 5.74) is 0. The zero-order chi connectivity index (χ0) is 13.7. The Balaban J connectivity index is 1.68. The van der Waals surface area contributed by atoms with E-state index >= 15 is 0 Å². The van der Waals surface area contributed by atoms with E-state index in [0.717, 1.165) is 17.9 Å². The molecule has 0 spiro atoms. The number of piperidine rings is 1. The highest BCUT2D eigenvalue weighted by molar-refractivity contribution is 4.89. The second kappa shape index (κ2) is 7.61. The Morgan fingerprint density at radius 2 is 1.84 bits per heavy atom. The third-order valence-electron chi connectivity index (χ3n) is 4.63. The molecule has 0 radical (unpaired) electrons. The van der Waals surface area contributed by atoms with Crippen LogP contribution in [0.2, 0.25) is 0 Å². The molecule has 2 aliphatic rings. The number of rotatable bonds is 8. The Labute approximate surface area is 119 Å². The molecule has 3 nitrogen and oxygen atoms in total. The van der Waals surface area contributed by atoms with Crippen LogP contribution in [0.1, 0.15) is 39.0 Å². The van der Waals surface area contributed by atoms with Gasteiger partial charge in [-0.2, -0.15) is 0 Å². The number of likely N-dealkylation sites (tertiary alicyclic amines) is 1. The summed E-state index contributed by atoms with van der Waals surface area (Å²) in [6, 6.07) is 0.769. The van der Waals surface area contributed by atoms with Gasteiger partial charge in [0.15, 0.2) is 0 Å². The number of hydrogen-bond donors (Lipinski definition) is 1. The van der Waals surface area contributed by atoms with Gasteiger partial charge in [0.2, 0.25) is 0 Å². The first kappa shape index (κ1) is 15.3. The SMILES string of the molecule is CCCNC(CN1CCC(CN(C)C)CC1)C1CC1. The number of nitrogens with one attached hydrogen (secondary N) is 1. The third kappa shape index (κ3) is 5.41. The van der Waals surface area contributed by atoms with Crippen LogP contribution in [0.4, 0.5) is 0 Å². The predicted octanol–water partition coefficient (Wildman–Crippen LogP) is 2.04. The fourth-order valence-electron chi connectivity index (χ4n) is 3.35. The van der Waals surface area contributed by atoms with Crippen molar-refractivity contribution in [3.63, 3.8) is 0 Å². The molecule has 0 aromatic rings. The van der Waals surface area contributed by atoms with Gasteiger partial charge in [-0.25, -0.2) is 0 Å². The molecule has 112 valence electrons. The van der Waals surface area contributed by atoms with Crippen molar-refractivity contribution < 1.29 is 0 Å². The minimum Gasteiger partial charge on any atom is -0.312 e. The highest BCUT2D eigenvalue weighted by Crippen LogP contribution is 2.33. The fraction of sp³-hybridized carbons (Fsp3) is 1.00. The molecule has 19 heavy (non-hydrogen) atoms. The second-order valence-corrected chi connectivity index (χ2v) is 6.90. The lowest BCUT2D eigenvalue weighted by Crippen LogP contribution is -2.46. The lowest BCUT2D eigenvalue weighted by molar-refractivity contribution is 0.146. The van der Waals surface area contributed by atoms with E-state index in [0.29, 0.717) is 0 Å². The van der Waals surface area contributed by atoms with Gasteiger partial charge in [0.1, 0.15) is 0 Å². The predicted molar refractivity (Wildman–Crippen MR) is 82.5 cm³/mol. The molecule has 1 atom stereocenters. The molecule has 1 aliphatic carbocycles. The molecule has 3 heteroatoms. The summed E-state index contributed by atoms with van der Waals surface area (Å²) in [6.45, 7) is 8.65. The zero-order valence-electron chi connectivity index (χ0n) is 13.2. The Morgan fingerprint density at radius 1 is 1.16 bits per heavy atom. The van der Waals surface area contributed by atoms with Crippen LogP contribution in [0.3, 0.4) is 0 Å². The van der Waals surface area contributed by atoms with E-state index in [1.807, 2.05) is 0 Å². The van der Waals surface area contributed by atoms with Gasteiger partial charge < -0.3 is 15.1 Å². The van der Waals surface area contributed by atoms with Crippen LogP contribution in [-0.4, -0.2) is 62.7 Å². The standard InChI is InChI=1S/C16H33N3/c1-4-9-17-16(15-5-6-15)13-19-10-7-14(8-11-19)12-18(2)3/h14-17H,4-13H2,1-3H3. The van der Waals surface area contributed by atoms with Crippen LogP contribution in [0.5, 0.6) is 0 Å². The van der Waals surface area contributed by atoms with Crippen LogP contribution in [0, 0.1) is 11.8 Å². The molecule has 1 aliphatic heterocycles. The lowest BCUT2D eigenvalue weighted by Gasteiger charge is -2.35. The molecule has 1 saturated carbocycles. The summed E-state index contributed by atoms with van der Waals surface area (Å²) < 4.78 is 0. The van der Waals surface area contributed by atoms with Gasteiger partial charge in [-0.15, -0.1) is 0 Å². The van der Waals surface area contributed by atoms with E-state index in [9.17, 15) is 0 Å². The minimum absolute atomic E-state index is 0.769. The van der Waals surface area contributed by atoms with Gasteiger partial charge in [0.05, 0.1) is 0 Å². The summed E-state index contributed by atoms with van der Waals surface area (Å²) in [5, 5.41) is 3.77. The van der Waals surface area contributed by atoms with Crippen molar-refractivity contribution in [1.82, 2.24) is 15.1 Å². The van der Waals surface area contributed by atoms with Gasteiger partial charge in [0.25, 0.3) is 0 Å². The van der Waals surface area contributed by atoms with E-state index < -0.39 is 0 Å². The average molecular weight is 267 g/mol. The minimum atomic E-state index is 0.769. The summed E-state index contributed by atoms with van der Waals surface area (Å²) in [7, 11) is 4.40. The second-order valence-electron chi connectivity index (χ2n) is 6.90. The topological polar surface area (TPSA) is 18.5 Å². The molecule has 0 bridgehead atoms. The van der Waals surface area contributed by atoms with Crippen molar-refractivity contribution in [2.45, 2.75) is 45.1 Å². The van der Waals surface area contributed by atoms with Crippen LogP contribution >= 0.6 is 0 Å². The van der Waals surface area contributed by atoms with E-state index in [1.54, 1.807) is 0 Å². The molecule has 2 rings (SSSR count). The molecule has 1 N–H and O–H groups in total. The fourth-order valence-corrected chi connectivity index (χ4v) is 3.35. The van der Waals surface area contributed by atoms with Crippen molar-refractivity contribution in [3.05, 3.63) is 0 Å². The van der Waals surface area contributed by atoms with Crippen LogP contribution in [0.25, 0.3) is 0 Å². The van der Waals surface area contributed by atoms with Crippen molar-refractivity contribution in [3.8, 4) is 0 Å². The first-order chi connectivity index (χ1) is 9.19. The Hall–Kier alpha value is -0.120.